The molecule has 0 aliphatic rings. The van der Waals surface area contributed by atoms with Gasteiger partial charge in [-0.05, 0) is 13.0 Å². The third-order valence-corrected chi connectivity index (χ3v) is 3.88. The van der Waals surface area contributed by atoms with Crippen LogP contribution in [0.25, 0.3) is 10.9 Å². The Morgan fingerprint density at radius 1 is 1.36 bits per heavy atom. The average molecular weight is 338 g/mol. The van der Waals surface area contributed by atoms with E-state index in [1.54, 1.807) is 20.1 Å². The zero-order valence-electron chi connectivity index (χ0n) is 12.6. The second-order valence-electron chi connectivity index (χ2n) is 4.60. The molecule has 116 valence electrons. The van der Waals surface area contributed by atoms with Gasteiger partial charge in [0.2, 0.25) is 0 Å². The minimum absolute atomic E-state index is 0.329. The van der Waals surface area contributed by atoms with Crippen molar-refractivity contribution in [3.8, 4) is 5.75 Å². The van der Waals surface area contributed by atoms with Crippen molar-refractivity contribution in [2.45, 2.75) is 6.92 Å². The van der Waals surface area contributed by atoms with Crippen LogP contribution in [0, 0.1) is 0 Å². The van der Waals surface area contributed by atoms with E-state index in [1.165, 1.54) is 6.20 Å². The van der Waals surface area contributed by atoms with Gasteiger partial charge in [0.05, 0.1) is 23.4 Å². The van der Waals surface area contributed by atoms with E-state index in [1.807, 2.05) is 36.0 Å². The number of benzene rings is 1. The number of fused-ring (bicyclic) bond motifs is 1. The number of halogens is 2. The van der Waals surface area contributed by atoms with Gasteiger partial charge in [-0.25, -0.2) is 4.99 Å². The highest BCUT2D eigenvalue weighted by atomic mass is 35.5. The van der Waals surface area contributed by atoms with E-state index in [0.29, 0.717) is 15.9 Å². The molecule has 0 saturated carbocycles. The van der Waals surface area contributed by atoms with Crippen molar-refractivity contribution in [2.24, 2.45) is 17.8 Å². The van der Waals surface area contributed by atoms with Gasteiger partial charge in [0.25, 0.3) is 0 Å². The Balaban J connectivity index is 2.79. The first kappa shape index (κ1) is 16.5. The first-order chi connectivity index (χ1) is 10.5. The molecule has 0 atom stereocenters. The van der Waals surface area contributed by atoms with Crippen molar-refractivity contribution < 1.29 is 4.74 Å². The standard InChI is InChI=1S/C16H17Cl2N3O/c1-4-14(18)20-15(12(17)8-19)11-9-21(2)16-10(11)6-5-7-13(16)22-3/h4-9H,19H2,1-3H3/b12-8+,14-4-,20-15-. The molecule has 2 rings (SSSR count). The van der Waals surface area contributed by atoms with Gasteiger partial charge >= 0.3 is 0 Å². The number of methoxy groups -OCH3 is 1. The maximum atomic E-state index is 6.23. The Hall–Kier alpha value is -1.91. The molecule has 0 radical (unpaired) electrons. The third kappa shape index (κ3) is 2.98. The minimum atomic E-state index is 0.329. The summed E-state index contributed by atoms with van der Waals surface area (Å²) in [5.74, 6) is 0.774. The second kappa shape index (κ2) is 6.90. The molecule has 0 aliphatic carbocycles. The molecule has 6 heteroatoms. The Bertz CT molecular complexity index is 788. The molecular weight excluding hydrogens is 321 g/mol. The fourth-order valence-corrected chi connectivity index (χ4v) is 2.51. The highest BCUT2D eigenvalue weighted by Crippen LogP contribution is 2.31. The van der Waals surface area contributed by atoms with Gasteiger partial charge in [-0.3, -0.25) is 0 Å². The van der Waals surface area contributed by atoms with E-state index in [4.69, 9.17) is 33.7 Å². The normalized spacial score (nSPS) is 13.8. The molecule has 1 aromatic carbocycles. The number of nitrogens with zero attached hydrogens (tertiary/aromatic N) is 2. The van der Waals surface area contributed by atoms with E-state index in [2.05, 4.69) is 4.99 Å². The maximum absolute atomic E-state index is 6.23. The number of aromatic nitrogens is 1. The highest BCUT2D eigenvalue weighted by Gasteiger charge is 2.17. The van der Waals surface area contributed by atoms with Crippen LogP contribution in [0.15, 0.2) is 51.9 Å². The van der Waals surface area contributed by atoms with Crippen molar-refractivity contribution in [1.82, 2.24) is 4.57 Å². The lowest BCUT2D eigenvalue weighted by Crippen LogP contribution is -2.03. The van der Waals surface area contributed by atoms with Gasteiger partial charge in [0.15, 0.2) is 0 Å². The lowest BCUT2D eigenvalue weighted by molar-refractivity contribution is 0.418. The molecule has 0 bridgehead atoms. The molecule has 0 fully saturated rings. The van der Waals surface area contributed by atoms with Gasteiger partial charge in [-0.1, -0.05) is 41.4 Å². The van der Waals surface area contributed by atoms with Gasteiger partial charge in [0, 0.05) is 30.4 Å². The summed E-state index contributed by atoms with van der Waals surface area (Å²) < 4.78 is 7.38. The summed E-state index contributed by atoms with van der Waals surface area (Å²) >= 11 is 12.3. The third-order valence-electron chi connectivity index (χ3n) is 3.27. The number of nitrogens with two attached hydrogens (primary N) is 1. The number of aliphatic imine (C=N–C) groups is 1. The predicted molar refractivity (Wildman–Crippen MR) is 93.7 cm³/mol. The summed E-state index contributed by atoms with van der Waals surface area (Å²) in [6.07, 6.45) is 4.92. The maximum Gasteiger partial charge on any atom is 0.143 e. The topological polar surface area (TPSA) is 52.5 Å². The minimum Gasteiger partial charge on any atom is -0.495 e. The average Bonchev–Trinajstić information content (AvgIpc) is 2.88. The van der Waals surface area contributed by atoms with Crippen LogP contribution < -0.4 is 10.5 Å². The first-order valence-corrected chi connectivity index (χ1v) is 7.39. The molecular formula is C16H17Cl2N3O. The largest absolute Gasteiger partial charge is 0.495 e. The second-order valence-corrected chi connectivity index (χ2v) is 5.39. The van der Waals surface area contributed by atoms with Crippen LogP contribution in [0.5, 0.6) is 5.75 Å². The van der Waals surface area contributed by atoms with E-state index >= 15 is 0 Å². The molecule has 22 heavy (non-hydrogen) atoms. The molecule has 1 aromatic heterocycles. The molecule has 0 amide bonds. The Labute approximate surface area is 139 Å². The monoisotopic (exact) mass is 337 g/mol. The molecule has 0 saturated heterocycles. The van der Waals surface area contributed by atoms with Crippen molar-refractivity contribution >= 4 is 39.8 Å². The number of aryl methyl sites for hydroxylation is 1. The molecule has 0 spiro atoms. The van der Waals surface area contributed by atoms with E-state index in [-0.39, 0.29) is 0 Å². The van der Waals surface area contributed by atoms with Crippen LogP contribution in [-0.2, 0) is 7.05 Å². The number of rotatable bonds is 4. The van der Waals surface area contributed by atoms with E-state index in [9.17, 15) is 0 Å². The van der Waals surface area contributed by atoms with Gasteiger partial charge in [-0.2, -0.15) is 0 Å². The predicted octanol–water partition coefficient (Wildman–Crippen LogP) is 4.12. The zero-order valence-corrected chi connectivity index (χ0v) is 14.1. The van der Waals surface area contributed by atoms with Crippen LogP contribution in [0.2, 0.25) is 0 Å². The quantitative estimate of drug-likeness (QED) is 0.674. The fraction of sp³-hybridized carbons (Fsp3) is 0.188. The molecule has 1 heterocycles. The molecule has 2 aromatic rings. The summed E-state index contributed by atoms with van der Waals surface area (Å²) in [6.45, 7) is 1.80. The lowest BCUT2D eigenvalue weighted by atomic mass is 10.1. The first-order valence-electron chi connectivity index (χ1n) is 6.64. The molecule has 0 aliphatic heterocycles. The zero-order chi connectivity index (χ0) is 16.3. The smallest absolute Gasteiger partial charge is 0.143 e. The van der Waals surface area contributed by atoms with Crippen LogP contribution in [0.1, 0.15) is 12.5 Å². The summed E-state index contributed by atoms with van der Waals surface area (Å²) in [4.78, 5) is 4.36. The van der Waals surface area contributed by atoms with Gasteiger partial charge in [-0.15, -0.1) is 0 Å². The molecule has 4 nitrogen and oxygen atoms in total. The summed E-state index contributed by atoms with van der Waals surface area (Å²) in [6, 6.07) is 5.80. The number of hydrogen-bond donors (Lipinski definition) is 1. The number of allylic oxidation sites excluding steroid dienone is 2. The molecule has 0 unspecified atom stereocenters. The summed E-state index contributed by atoms with van der Waals surface area (Å²) in [7, 11) is 3.57. The van der Waals surface area contributed by atoms with E-state index in [0.717, 1.165) is 22.2 Å². The Kier molecular flexibility index (Phi) is 5.16. The molecule has 2 N–H and O–H groups in total. The SMILES string of the molecule is C\C=C(Cl)/N=C(\C(Cl)=C/N)c1cn(C)c2c(OC)cccc12. The van der Waals surface area contributed by atoms with Crippen LogP contribution in [0.3, 0.4) is 0 Å². The number of ether oxygens (including phenoxy) is 1. The lowest BCUT2D eigenvalue weighted by Gasteiger charge is -2.05. The number of para-hydroxylation sites is 1. The Morgan fingerprint density at radius 2 is 2.09 bits per heavy atom. The van der Waals surface area contributed by atoms with Crippen molar-refractivity contribution in [2.75, 3.05) is 7.11 Å². The fourth-order valence-electron chi connectivity index (χ4n) is 2.28. The van der Waals surface area contributed by atoms with Crippen molar-refractivity contribution in [1.29, 1.82) is 0 Å². The summed E-state index contributed by atoms with van der Waals surface area (Å²) in [5.41, 5.74) is 7.87. The highest BCUT2D eigenvalue weighted by molar-refractivity contribution is 6.48. The van der Waals surface area contributed by atoms with E-state index < -0.39 is 0 Å². The van der Waals surface area contributed by atoms with Gasteiger partial charge < -0.3 is 15.0 Å². The van der Waals surface area contributed by atoms with Crippen LogP contribution in [-0.4, -0.2) is 17.4 Å². The van der Waals surface area contributed by atoms with Crippen LogP contribution >= 0.6 is 23.2 Å². The van der Waals surface area contributed by atoms with Crippen molar-refractivity contribution in [3.05, 3.63) is 52.4 Å². The Morgan fingerprint density at radius 3 is 2.68 bits per heavy atom. The van der Waals surface area contributed by atoms with Gasteiger partial charge in [0.1, 0.15) is 10.9 Å². The van der Waals surface area contributed by atoms with Crippen molar-refractivity contribution in [3.63, 3.8) is 0 Å². The van der Waals surface area contributed by atoms with Crippen LogP contribution in [0.4, 0.5) is 0 Å². The summed E-state index contributed by atoms with van der Waals surface area (Å²) in [5, 5.41) is 1.63. The number of hydrogen-bond acceptors (Lipinski definition) is 3.